The Morgan fingerprint density at radius 1 is 1.17 bits per heavy atom. The zero-order valence-electron chi connectivity index (χ0n) is 18.6. The first kappa shape index (κ1) is 24.3. The number of rotatable bonds is 8. The van der Waals surface area contributed by atoms with Crippen LogP contribution in [0, 0.1) is 12.7 Å². The Balaban J connectivity index is 1.61. The van der Waals surface area contributed by atoms with Gasteiger partial charge in [-0.3, -0.25) is 14.4 Å². The van der Waals surface area contributed by atoms with Crippen molar-refractivity contribution in [1.82, 2.24) is 9.97 Å². The predicted octanol–water partition coefficient (Wildman–Crippen LogP) is 3.76. The highest BCUT2D eigenvalue weighted by atomic mass is 32.2. The molecule has 2 heterocycles. The lowest BCUT2D eigenvalue weighted by Crippen LogP contribution is -2.30. The van der Waals surface area contributed by atoms with E-state index in [4.69, 9.17) is 0 Å². The average Bonchev–Trinajstić information content (AvgIpc) is 3.13. The second-order valence-electron chi connectivity index (χ2n) is 8.01. The molecule has 3 aromatic rings. The highest BCUT2D eigenvalue weighted by molar-refractivity contribution is 7.92. The van der Waals surface area contributed by atoms with Gasteiger partial charge in [-0.2, -0.15) is 13.8 Å². The van der Waals surface area contributed by atoms with Crippen LogP contribution in [-0.4, -0.2) is 37.1 Å². The molecule has 0 saturated heterocycles. The fourth-order valence-corrected chi connectivity index (χ4v) is 4.14. The quantitative estimate of drug-likeness (QED) is 0.399. The van der Waals surface area contributed by atoms with E-state index in [0.717, 1.165) is 18.0 Å². The number of amides is 1. The van der Waals surface area contributed by atoms with Gasteiger partial charge in [0.05, 0.1) is 25.4 Å². The van der Waals surface area contributed by atoms with Gasteiger partial charge in [0.1, 0.15) is 0 Å². The molecule has 9 nitrogen and oxygen atoms in total. The molecule has 2 aromatic carbocycles. The van der Waals surface area contributed by atoms with E-state index >= 15 is 0 Å². The van der Waals surface area contributed by atoms with Crippen LogP contribution in [0.25, 0.3) is 0 Å². The number of benzene rings is 2. The Morgan fingerprint density at radius 3 is 2.63 bits per heavy atom. The summed E-state index contributed by atoms with van der Waals surface area (Å²) in [6, 6.07) is 9.51. The van der Waals surface area contributed by atoms with Crippen molar-refractivity contribution in [2.24, 2.45) is 0 Å². The third-order valence-corrected chi connectivity index (χ3v) is 5.82. The SMILES string of the molecule is Cc1ccc(NS(C)(=O)=O)cc1CN(c1nc(Nc2ccc3c(c2)NC(=O)C3)ncc1F)C(F)F. The van der Waals surface area contributed by atoms with Gasteiger partial charge >= 0.3 is 6.55 Å². The fraction of sp³-hybridized carbons (Fsp3) is 0.227. The summed E-state index contributed by atoms with van der Waals surface area (Å²) in [5, 5.41) is 5.53. The van der Waals surface area contributed by atoms with Crippen molar-refractivity contribution in [3.05, 3.63) is 65.1 Å². The molecule has 1 amide bonds. The highest BCUT2D eigenvalue weighted by Gasteiger charge is 2.24. The molecule has 0 spiro atoms. The van der Waals surface area contributed by atoms with E-state index < -0.39 is 34.8 Å². The number of fused-ring (bicyclic) bond motifs is 1. The van der Waals surface area contributed by atoms with Crippen LogP contribution < -0.4 is 20.3 Å². The lowest BCUT2D eigenvalue weighted by Gasteiger charge is -2.24. The van der Waals surface area contributed by atoms with E-state index in [-0.39, 0.29) is 24.0 Å². The number of aryl methyl sites for hydroxylation is 1. The molecule has 0 unspecified atom stereocenters. The number of anilines is 5. The first-order valence-electron chi connectivity index (χ1n) is 10.3. The van der Waals surface area contributed by atoms with Gasteiger partial charge in [-0.25, -0.2) is 17.8 Å². The van der Waals surface area contributed by atoms with Crippen LogP contribution in [0.5, 0.6) is 0 Å². The number of halogens is 3. The Labute approximate surface area is 199 Å². The van der Waals surface area contributed by atoms with Gasteiger partial charge in [-0.1, -0.05) is 12.1 Å². The van der Waals surface area contributed by atoms with E-state index in [1.165, 1.54) is 12.1 Å². The first-order chi connectivity index (χ1) is 16.5. The van der Waals surface area contributed by atoms with Gasteiger partial charge in [0.25, 0.3) is 0 Å². The maximum absolute atomic E-state index is 14.6. The van der Waals surface area contributed by atoms with Crippen molar-refractivity contribution in [2.75, 3.05) is 26.5 Å². The summed E-state index contributed by atoms with van der Waals surface area (Å²) in [6.07, 6.45) is 2.01. The average molecular weight is 507 g/mol. The molecular weight excluding hydrogens is 485 g/mol. The number of aromatic nitrogens is 2. The van der Waals surface area contributed by atoms with Crippen LogP contribution in [0.3, 0.4) is 0 Å². The van der Waals surface area contributed by atoms with Crippen molar-refractivity contribution < 1.29 is 26.4 Å². The predicted molar refractivity (Wildman–Crippen MR) is 126 cm³/mol. The van der Waals surface area contributed by atoms with Gasteiger partial charge in [-0.15, -0.1) is 0 Å². The van der Waals surface area contributed by atoms with Crippen LogP contribution in [-0.2, 0) is 27.8 Å². The van der Waals surface area contributed by atoms with Gasteiger partial charge in [0, 0.05) is 17.1 Å². The van der Waals surface area contributed by atoms with Crippen LogP contribution in [0.4, 0.5) is 42.0 Å². The minimum absolute atomic E-state index is 0.125. The zero-order chi connectivity index (χ0) is 25.3. The van der Waals surface area contributed by atoms with E-state index in [2.05, 4.69) is 25.3 Å². The molecular formula is C22H21F3N6O3S. The maximum atomic E-state index is 14.6. The molecule has 1 aromatic heterocycles. The molecule has 0 fully saturated rings. The Kier molecular flexibility index (Phi) is 6.52. The maximum Gasteiger partial charge on any atom is 0.316 e. The number of hydrogen-bond donors (Lipinski definition) is 3. The second-order valence-corrected chi connectivity index (χ2v) is 9.76. The highest BCUT2D eigenvalue weighted by Crippen LogP contribution is 2.29. The summed E-state index contributed by atoms with van der Waals surface area (Å²) < 4.78 is 68.0. The van der Waals surface area contributed by atoms with E-state index in [1.54, 1.807) is 31.2 Å². The molecule has 0 radical (unpaired) electrons. The summed E-state index contributed by atoms with van der Waals surface area (Å²) in [7, 11) is -3.58. The number of carbonyl (C=O) groups is 1. The normalized spacial score (nSPS) is 12.9. The molecule has 184 valence electrons. The Morgan fingerprint density at radius 2 is 1.91 bits per heavy atom. The van der Waals surface area contributed by atoms with Crippen molar-refractivity contribution in [3.63, 3.8) is 0 Å². The van der Waals surface area contributed by atoms with E-state index in [9.17, 15) is 26.4 Å². The molecule has 35 heavy (non-hydrogen) atoms. The third-order valence-electron chi connectivity index (χ3n) is 5.22. The third kappa shape index (κ3) is 5.80. The number of carbonyl (C=O) groups excluding carboxylic acids is 1. The molecule has 0 bridgehead atoms. The number of nitrogens with zero attached hydrogens (tertiary/aromatic N) is 3. The Bertz CT molecular complexity index is 1400. The van der Waals surface area contributed by atoms with Crippen LogP contribution in [0.1, 0.15) is 16.7 Å². The summed E-state index contributed by atoms with van der Waals surface area (Å²) in [6.45, 7) is -1.89. The molecule has 1 aliphatic heterocycles. The largest absolute Gasteiger partial charge is 0.325 e. The standard InChI is InChI=1S/C22H21F3N6O3S/c1-12-3-5-16(30-35(2,33)34)7-14(12)11-31(21(24)25)20-17(23)10-26-22(29-20)27-15-6-4-13-8-19(32)28-18(13)9-15/h3-7,9-10,21,30H,8,11H2,1-2H3,(H,28,32)(H,26,27,29). The van der Waals surface area contributed by atoms with Gasteiger partial charge in [0.15, 0.2) is 11.6 Å². The molecule has 0 saturated carbocycles. The lowest BCUT2D eigenvalue weighted by atomic mass is 10.1. The number of hydrogen-bond acceptors (Lipinski definition) is 7. The van der Waals surface area contributed by atoms with Crippen molar-refractivity contribution in [1.29, 1.82) is 0 Å². The number of nitrogens with one attached hydrogen (secondary N) is 3. The lowest BCUT2D eigenvalue weighted by molar-refractivity contribution is -0.115. The smallest absolute Gasteiger partial charge is 0.316 e. The second kappa shape index (κ2) is 9.41. The molecule has 13 heteroatoms. The fourth-order valence-electron chi connectivity index (χ4n) is 3.58. The minimum Gasteiger partial charge on any atom is -0.325 e. The topological polar surface area (TPSA) is 116 Å². The van der Waals surface area contributed by atoms with Crippen molar-refractivity contribution in [2.45, 2.75) is 26.4 Å². The molecule has 1 aliphatic rings. The number of sulfonamides is 1. The van der Waals surface area contributed by atoms with Crippen LogP contribution in [0.15, 0.2) is 42.6 Å². The molecule has 0 atom stereocenters. The summed E-state index contributed by atoms with van der Waals surface area (Å²) >= 11 is 0. The summed E-state index contributed by atoms with van der Waals surface area (Å²) in [5.41, 5.74) is 3.03. The van der Waals surface area contributed by atoms with Crippen LogP contribution >= 0.6 is 0 Å². The van der Waals surface area contributed by atoms with Gasteiger partial charge in [0.2, 0.25) is 21.9 Å². The Hall–Kier alpha value is -3.87. The molecule has 0 aliphatic carbocycles. The van der Waals surface area contributed by atoms with Crippen LogP contribution in [0.2, 0.25) is 0 Å². The van der Waals surface area contributed by atoms with Gasteiger partial charge < -0.3 is 10.6 Å². The molecule has 3 N–H and O–H groups in total. The van der Waals surface area contributed by atoms with E-state index in [1.807, 2.05) is 0 Å². The van der Waals surface area contributed by atoms with E-state index in [0.29, 0.717) is 27.4 Å². The van der Waals surface area contributed by atoms with Gasteiger partial charge in [-0.05, 0) is 47.9 Å². The number of alkyl halides is 2. The van der Waals surface area contributed by atoms with Crippen molar-refractivity contribution >= 4 is 44.8 Å². The zero-order valence-corrected chi connectivity index (χ0v) is 19.5. The van der Waals surface area contributed by atoms with Crippen molar-refractivity contribution in [3.8, 4) is 0 Å². The summed E-state index contributed by atoms with van der Waals surface area (Å²) in [5.74, 6) is -1.95. The minimum atomic E-state index is -3.58. The molecule has 4 rings (SSSR count). The monoisotopic (exact) mass is 506 g/mol. The summed E-state index contributed by atoms with van der Waals surface area (Å²) in [4.78, 5) is 19.8. The first-order valence-corrected chi connectivity index (χ1v) is 12.2.